The lowest BCUT2D eigenvalue weighted by molar-refractivity contribution is 0.461. The third kappa shape index (κ3) is 3.72. The molecule has 0 bridgehead atoms. The molecule has 0 amide bonds. The van der Waals surface area contributed by atoms with Crippen LogP contribution in [0.1, 0.15) is 43.4 Å². The number of imidazole rings is 1. The monoisotopic (exact) mass is 351 g/mol. The van der Waals surface area contributed by atoms with Gasteiger partial charge in [0.05, 0.1) is 5.02 Å². The van der Waals surface area contributed by atoms with Gasteiger partial charge in [0.25, 0.3) is 0 Å². The van der Waals surface area contributed by atoms with Crippen molar-refractivity contribution in [2.24, 2.45) is 0 Å². The van der Waals surface area contributed by atoms with Crippen LogP contribution in [0, 0.1) is 0 Å². The first-order valence-electron chi connectivity index (χ1n) is 8.97. The molecule has 1 aromatic carbocycles. The normalized spacial score (nSPS) is 15.9. The van der Waals surface area contributed by atoms with Crippen LogP contribution in [-0.2, 0) is 0 Å². The maximum absolute atomic E-state index is 6.22. The average Bonchev–Trinajstić information content (AvgIpc) is 2.99. The van der Waals surface area contributed by atoms with Gasteiger partial charge in [-0.3, -0.25) is 4.40 Å². The first-order valence-corrected chi connectivity index (χ1v) is 9.35. The van der Waals surface area contributed by atoms with E-state index in [1.807, 2.05) is 36.5 Å². The van der Waals surface area contributed by atoms with Crippen molar-refractivity contribution in [1.82, 2.24) is 9.38 Å². The van der Waals surface area contributed by atoms with Crippen molar-refractivity contribution >= 4 is 35.2 Å². The van der Waals surface area contributed by atoms with Gasteiger partial charge in [0, 0.05) is 12.2 Å². The molecule has 0 saturated heterocycles. The maximum Gasteiger partial charge on any atom is 0.139 e. The zero-order chi connectivity index (χ0) is 17.1. The molecule has 1 aliphatic carbocycles. The van der Waals surface area contributed by atoms with Crippen molar-refractivity contribution in [1.29, 1.82) is 0 Å². The molecule has 128 valence electrons. The Hall–Kier alpha value is -2.26. The van der Waals surface area contributed by atoms with Gasteiger partial charge in [-0.2, -0.15) is 0 Å². The number of nitrogens with one attached hydrogen (secondary N) is 1. The van der Waals surface area contributed by atoms with Crippen LogP contribution in [0.4, 0.5) is 5.82 Å². The second-order valence-electron chi connectivity index (χ2n) is 6.64. The number of benzene rings is 1. The highest BCUT2D eigenvalue weighted by Gasteiger charge is 2.17. The largest absolute Gasteiger partial charge is 0.367 e. The SMILES string of the molecule is Clc1ccc2nc(/C=C/c3ccccc3)c(NC3CCCCC3)n2c1. The Bertz CT molecular complexity index is 877. The van der Waals surface area contributed by atoms with Crippen molar-refractivity contribution in [2.45, 2.75) is 38.1 Å². The van der Waals surface area contributed by atoms with E-state index < -0.39 is 0 Å². The summed E-state index contributed by atoms with van der Waals surface area (Å²) in [7, 11) is 0. The summed E-state index contributed by atoms with van der Waals surface area (Å²) < 4.78 is 2.07. The van der Waals surface area contributed by atoms with E-state index in [0.717, 1.165) is 22.2 Å². The smallest absolute Gasteiger partial charge is 0.139 e. The van der Waals surface area contributed by atoms with Gasteiger partial charge in [0.15, 0.2) is 0 Å². The Morgan fingerprint density at radius 1 is 1.00 bits per heavy atom. The lowest BCUT2D eigenvalue weighted by Crippen LogP contribution is -2.23. The van der Waals surface area contributed by atoms with Crippen molar-refractivity contribution in [3.63, 3.8) is 0 Å². The van der Waals surface area contributed by atoms with E-state index in [4.69, 9.17) is 16.6 Å². The van der Waals surface area contributed by atoms with Crippen LogP contribution in [0.15, 0.2) is 48.7 Å². The van der Waals surface area contributed by atoms with Gasteiger partial charge >= 0.3 is 0 Å². The molecule has 4 heteroatoms. The molecule has 0 spiro atoms. The van der Waals surface area contributed by atoms with Gasteiger partial charge in [-0.15, -0.1) is 0 Å². The van der Waals surface area contributed by atoms with Crippen LogP contribution >= 0.6 is 11.6 Å². The molecule has 1 aliphatic rings. The fourth-order valence-corrected chi connectivity index (χ4v) is 3.64. The molecule has 0 atom stereocenters. The summed E-state index contributed by atoms with van der Waals surface area (Å²) in [6, 6.07) is 14.7. The molecule has 0 radical (unpaired) electrons. The van der Waals surface area contributed by atoms with Gasteiger partial charge < -0.3 is 5.32 Å². The Morgan fingerprint density at radius 2 is 1.80 bits per heavy atom. The van der Waals surface area contributed by atoms with Crippen molar-refractivity contribution in [3.8, 4) is 0 Å². The minimum Gasteiger partial charge on any atom is -0.367 e. The minimum atomic E-state index is 0.511. The summed E-state index contributed by atoms with van der Waals surface area (Å²) in [5.41, 5.74) is 3.04. The summed E-state index contributed by atoms with van der Waals surface area (Å²) in [5.74, 6) is 1.04. The summed E-state index contributed by atoms with van der Waals surface area (Å²) in [5, 5.41) is 4.44. The van der Waals surface area contributed by atoms with Crippen LogP contribution in [0.2, 0.25) is 5.02 Å². The molecule has 1 saturated carbocycles. The molecule has 0 unspecified atom stereocenters. The van der Waals surface area contributed by atoms with Crippen LogP contribution in [-0.4, -0.2) is 15.4 Å². The van der Waals surface area contributed by atoms with Crippen LogP contribution < -0.4 is 5.32 Å². The van der Waals surface area contributed by atoms with E-state index in [1.165, 1.54) is 37.7 Å². The van der Waals surface area contributed by atoms with E-state index in [2.05, 4.69) is 34.0 Å². The lowest BCUT2D eigenvalue weighted by Gasteiger charge is -2.23. The predicted octanol–water partition coefficient (Wildman–Crippen LogP) is 5.90. The highest BCUT2D eigenvalue weighted by molar-refractivity contribution is 6.30. The number of rotatable bonds is 4. The fourth-order valence-electron chi connectivity index (χ4n) is 3.48. The molecule has 1 fully saturated rings. The second kappa shape index (κ2) is 7.32. The zero-order valence-electron chi connectivity index (χ0n) is 14.2. The predicted molar refractivity (Wildman–Crippen MR) is 106 cm³/mol. The maximum atomic E-state index is 6.22. The molecule has 3 nitrogen and oxygen atoms in total. The number of hydrogen-bond donors (Lipinski definition) is 1. The van der Waals surface area contributed by atoms with Gasteiger partial charge in [0.1, 0.15) is 17.2 Å². The van der Waals surface area contributed by atoms with Gasteiger partial charge in [-0.25, -0.2) is 4.98 Å². The number of hydrogen-bond acceptors (Lipinski definition) is 2. The molecule has 3 aromatic rings. The lowest BCUT2D eigenvalue weighted by atomic mass is 9.95. The van der Waals surface area contributed by atoms with E-state index >= 15 is 0 Å². The minimum absolute atomic E-state index is 0.511. The van der Waals surface area contributed by atoms with E-state index in [-0.39, 0.29) is 0 Å². The number of anilines is 1. The highest BCUT2D eigenvalue weighted by Crippen LogP contribution is 2.27. The van der Waals surface area contributed by atoms with Gasteiger partial charge in [0.2, 0.25) is 0 Å². The Kier molecular flexibility index (Phi) is 4.75. The number of aromatic nitrogens is 2. The average molecular weight is 352 g/mol. The molecule has 4 rings (SSSR count). The Morgan fingerprint density at radius 3 is 2.60 bits per heavy atom. The van der Waals surface area contributed by atoms with E-state index in [9.17, 15) is 0 Å². The summed E-state index contributed by atoms with van der Waals surface area (Å²) in [6.07, 6.45) is 12.5. The van der Waals surface area contributed by atoms with Crippen LogP contribution in [0.5, 0.6) is 0 Å². The second-order valence-corrected chi connectivity index (χ2v) is 7.08. The highest BCUT2D eigenvalue weighted by atomic mass is 35.5. The fraction of sp³-hybridized carbons (Fsp3) is 0.286. The quantitative estimate of drug-likeness (QED) is 0.633. The standard InChI is InChI=1S/C21H22ClN3/c22-17-12-14-20-24-19(13-11-16-7-3-1-4-8-16)21(25(20)15-17)23-18-9-5-2-6-10-18/h1,3-4,7-8,11-15,18,23H,2,5-6,9-10H2/b13-11+. The summed E-state index contributed by atoms with van der Waals surface area (Å²) in [4.78, 5) is 4.79. The number of fused-ring (bicyclic) bond motifs is 1. The molecule has 25 heavy (non-hydrogen) atoms. The molecule has 2 aromatic heterocycles. The summed E-state index contributed by atoms with van der Waals surface area (Å²) in [6.45, 7) is 0. The first kappa shape index (κ1) is 16.2. The van der Waals surface area contributed by atoms with Crippen LogP contribution in [0.25, 0.3) is 17.8 Å². The Labute approximate surface area is 153 Å². The van der Waals surface area contributed by atoms with Crippen molar-refractivity contribution in [3.05, 3.63) is 64.9 Å². The molecule has 2 heterocycles. The van der Waals surface area contributed by atoms with Crippen LogP contribution in [0.3, 0.4) is 0 Å². The third-order valence-corrected chi connectivity index (χ3v) is 5.01. The van der Waals surface area contributed by atoms with Gasteiger partial charge in [-0.1, -0.05) is 67.3 Å². The topological polar surface area (TPSA) is 29.3 Å². The van der Waals surface area contributed by atoms with Gasteiger partial charge in [-0.05, 0) is 36.6 Å². The Balaban J connectivity index is 1.71. The van der Waals surface area contributed by atoms with Crippen molar-refractivity contribution < 1.29 is 0 Å². The molecule has 0 aliphatic heterocycles. The first-order chi connectivity index (χ1) is 12.3. The number of halogens is 1. The molecule has 1 N–H and O–H groups in total. The molecular weight excluding hydrogens is 330 g/mol. The van der Waals surface area contributed by atoms with E-state index in [1.54, 1.807) is 0 Å². The van der Waals surface area contributed by atoms with Crippen molar-refractivity contribution in [2.75, 3.05) is 5.32 Å². The molecular formula is C21H22ClN3. The zero-order valence-corrected chi connectivity index (χ0v) is 14.9. The van der Waals surface area contributed by atoms with E-state index in [0.29, 0.717) is 6.04 Å². The number of pyridine rings is 1. The summed E-state index contributed by atoms with van der Waals surface area (Å²) >= 11 is 6.22. The number of nitrogens with zero attached hydrogens (tertiary/aromatic N) is 2. The third-order valence-electron chi connectivity index (χ3n) is 4.79.